The van der Waals surface area contributed by atoms with E-state index in [1.54, 1.807) is 38.4 Å². The van der Waals surface area contributed by atoms with E-state index < -0.39 is 0 Å². The lowest BCUT2D eigenvalue weighted by Gasteiger charge is -2.38. The Labute approximate surface area is 185 Å². The number of nitrogens with one attached hydrogen (secondary N) is 1. The molecule has 1 N–H and O–H groups in total. The molecule has 0 bridgehead atoms. The predicted molar refractivity (Wildman–Crippen MR) is 119 cm³/mol. The van der Waals surface area contributed by atoms with Crippen LogP contribution in [-0.2, 0) is 4.74 Å². The number of hydrogen-bond donors (Lipinski definition) is 1. The number of aromatic amines is 1. The second-order valence-corrected chi connectivity index (χ2v) is 7.84. The minimum absolute atomic E-state index is 0.0871. The van der Waals surface area contributed by atoms with Gasteiger partial charge in [0.1, 0.15) is 17.5 Å². The highest BCUT2D eigenvalue weighted by molar-refractivity contribution is 6.31. The molecule has 0 spiro atoms. The predicted octanol–water partition coefficient (Wildman–Crippen LogP) is 4.45. The quantitative estimate of drug-likeness (QED) is 0.629. The first-order valence-electron chi connectivity index (χ1n) is 9.97. The SMILES string of the molecule is COc1cc(OC)c2cc(C(=O)N3C[C@H](c4ccccc4Cl)OC[C@@H]3C)[nH]c2c1OC. The third-order valence-corrected chi connectivity index (χ3v) is 5.96. The van der Waals surface area contributed by atoms with Gasteiger partial charge in [-0.05, 0) is 19.1 Å². The Balaban J connectivity index is 1.70. The molecule has 7 nitrogen and oxygen atoms in total. The lowest BCUT2D eigenvalue weighted by atomic mass is 10.1. The van der Waals surface area contributed by atoms with Gasteiger partial charge in [0.25, 0.3) is 5.91 Å². The number of hydrogen-bond acceptors (Lipinski definition) is 5. The number of morpholine rings is 1. The minimum Gasteiger partial charge on any atom is -0.496 e. The normalized spacial score (nSPS) is 18.8. The summed E-state index contributed by atoms with van der Waals surface area (Å²) in [5.41, 5.74) is 1.95. The first-order chi connectivity index (χ1) is 15.0. The first-order valence-corrected chi connectivity index (χ1v) is 10.3. The molecule has 1 aromatic heterocycles. The van der Waals surface area contributed by atoms with Crippen LogP contribution < -0.4 is 14.2 Å². The molecule has 1 fully saturated rings. The second kappa shape index (κ2) is 8.69. The molecule has 2 aromatic carbocycles. The van der Waals surface area contributed by atoms with Crippen molar-refractivity contribution in [3.05, 3.63) is 52.7 Å². The zero-order valence-electron chi connectivity index (χ0n) is 17.9. The van der Waals surface area contributed by atoms with Crippen LogP contribution in [0, 0.1) is 0 Å². The zero-order valence-corrected chi connectivity index (χ0v) is 18.7. The average molecular weight is 445 g/mol. The molecule has 1 aliphatic heterocycles. The Morgan fingerprint density at radius 3 is 2.55 bits per heavy atom. The van der Waals surface area contributed by atoms with Gasteiger partial charge in [-0.1, -0.05) is 29.8 Å². The number of ether oxygens (including phenoxy) is 4. The van der Waals surface area contributed by atoms with Gasteiger partial charge in [-0.15, -0.1) is 0 Å². The molecule has 164 valence electrons. The number of fused-ring (bicyclic) bond motifs is 1. The number of nitrogens with zero attached hydrogens (tertiary/aromatic N) is 1. The molecule has 1 aliphatic rings. The molecule has 0 saturated carbocycles. The standard InChI is InChI=1S/C23H25ClN2O5/c1-13-12-31-20(14-7-5-6-8-16(14)24)11-26(13)23(27)17-9-15-18(28-2)10-19(29-3)22(30-4)21(15)25-17/h5-10,13,20,25H,11-12H2,1-4H3/t13-,20+/m0/s1. The summed E-state index contributed by atoms with van der Waals surface area (Å²) in [6.45, 7) is 2.78. The van der Waals surface area contributed by atoms with Gasteiger partial charge in [-0.3, -0.25) is 4.79 Å². The highest BCUT2D eigenvalue weighted by Gasteiger charge is 2.33. The maximum Gasteiger partial charge on any atom is 0.270 e. The van der Waals surface area contributed by atoms with Crippen LogP contribution in [0.5, 0.6) is 17.2 Å². The molecular formula is C23H25ClN2O5. The van der Waals surface area contributed by atoms with Crippen molar-refractivity contribution in [3.63, 3.8) is 0 Å². The van der Waals surface area contributed by atoms with Gasteiger partial charge in [-0.25, -0.2) is 0 Å². The lowest BCUT2D eigenvalue weighted by Crippen LogP contribution is -2.48. The van der Waals surface area contributed by atoms with Crippen molar-refractivity contribution >= 4 is 28.4 Å². The van der Waals surface area contributed by atoms with Crippen molar-refractivity contribution in [2.24, 2.45) is 0 Å². The Hall–Kier alpha value is -2.90. The molecule has 31 heavy (non-hydrogen) atoms. The van der Waals surface area contributed by atoms with E-state index >= 15 is 0 Å². The molecule has 1 amide bonds. The van der Waals surface area contributed by atoms with Crippen LogP contribution in [0.15, 0.2) is 36.4 Å². The van der Waals surface area contributed by atoms with Crippen LogP contribution in [0.3, 0.4) is 0 Å². The summed E-state index contributed by atoms with van der Waals surface area (Å²) >= 11 is 6.36. The summed E-state index contributed by atoms with van der Waals surface area (Å²) in [5.74, 6) is 1.49. The number of halogens is 1. The fraction of sp³-hybridized carbons (Fsp3) is 0.348. The number of amides is 1. The second-order valence-electron chi connectivity index (χ2n) is 7.44. The van der Waals surface area contributed by atoms with Crippen LogP contribution in [0.1, 0.15) is 29.1 Å². The van der Waals surface area contributed by atoms with E-state index in [9.17, 15) is 4.79 Å². The van der Waals surface area contributed by atoms with E-state index in [0.29, 0.717) is 46.6 Å². The van der Waals surface area contributed by atoms with Crippen LogP contribution in [0.2, 0.25) is 5.02 Å². The van der Waals surface area contributed by atoms with Crippen LogP contribution in [0.4, 0.5) is 0 Å². The third kappa shape index (κ3) is 3.79. The van der Waals surface area contributed by atoms with Crippen LogP contribution >= 0.6 is 11.6 Å². The molecule has 0 radical (unpaired) electrons. The van der Waals surface area contributed by atoms with Crippen LogP contribution in [-0.4, -0.2) is 56.3 Å². The average Bonchev–Trinajstić information content (AvgIpc) is 3.23. The van der Waals surface area contributed by atoms with Gasteiger partial charge >= 0.3 is 0 Å². The minimum atomic E-state index is -0.289. The molecule has 3 aromatic rings. The van der Waals surface area contributed by atoms with E-state index in [1.165, 1.54) is 0 Å². The lowest BCUT2D eigenvalue weighted by molar-refractivity contribution is -0.0487. The number of H-pyrrole nitrogens is 1. The number of rotatable bonds is 5. The number of aromatic nitrogens is 1. The number of carbonyl (C=O) groups excluding carboxylic acids is 1. The van der Waals surface area contributed by atoms with Gasteiger partial charge in [0.05, 0.1) is 46.0 Å². The summed E-state index contributed by atoms with van der Waals surface area (Å²) in [6.07, 6.45) is -0.289. The Bertz CT molecular complexity index is 1110. The van der Waals surface area contributed by atoms with E-state index in [1.807, 2.05) is 31.2 Å². The topological polar surface area (TPSA) is 73.0 Å². The Kier molecular flexibility index (Phi) is 5.98. The summed E-state index contributed by atoms with van der Waals surface area (Å²) in [7, 11) is 4.69. The molecular weight excluding hydrogens is 420 g/mol. The van der Waals surface area contributed by atoms with Gasteiger partial charge in [0, 0.05) is 22.0 Å². The smallest absolute Gasteiger partial charge is 0.270 e. The molecule has 2 heterocycles. The summed E-state index contributed by atoms with van der Waals surface area (Å²) in [5, 5.41) is 1.37. The van der Waals surface area contributed by atoms with E-state index in [-0.39, 0.29) is 18.1 Å². The van der Waals surface area contributed by atoms with Gasteiger partial charge < -0.3 is 28.8 Å². The van der Waals surface area contributed by atoms with Gasteiger partial charge in [-0.2, -0.15) is 0 Å². The van der Waals surface area contributed by atoms with E-state index in [2.05, 4.69) is 4.98 Å². The summed E-state index contributed by atoms with van der Waals surface area (Å²) < 4.78 is 22.4. The van der Waals surface area contributed by atoms with E-state index in [0.717, 1.165) is 10.9 Å². The molecule has 4 rings (SSSR count). The molecule has 8 heteroatoms. The number of benzene rings is 2. The van der Waals surface area contributed by atoms with Crippen molar-refractivity contribution in [1.82, 2.24) is 9.88 Å². The number of carbonyl (C=O) groups is 1. The highest BCUT2D eigenvalue weighted by Crippen LogP contribution is 2.41. The Morgan fingerprint density at radius 2 is 1.87 bits per heavy atom. The molecule has 2 atom stereocenters. The van der Waals surface area contributed by atoms with Crippen molar-refractivity contribution < 1.29 is 23.7 Å². The van der Waals surface area contributed by atoms with Crippen molar-refractivity contribution in [2.45, 2.75) is 19.1 Å². The van der Waals surface area contributed by atoms with Crippen molar-refractivity contribution in [3.8, 4) is 17.2 Å². The van der Waals surface area contributed by atoms with E-state index in [4.69, 9.17) is 30.5 Å². The monoisotopic (exact) mass is 444 g/mol. The molecule has 0 aliphatic carbocycles. The maximum atomic E-state index is 13.5. The fourth-order valence-electron chi connectivity index (χ4n) is 3.97. The first kappa shape index (κ1) is 21.3. The zero-order chi connectivity index (χ0) is 22.1. The third-order valence-electron chi connectivity index (χ3n) is 5.62. The highest BCUT2D eigenvalue weighted by atomic mass is 35.5. The van der Waals surface area contributed by atoms with Gasteiger partial charge in [0.15, 0.2) is 11.5 Å². The summed E-state index contributed by atoms with van der Waals surface area (Å²) in [6, 6.07) is 11.0. The Morgan fingerprint density at radius 1 is 1.13 bits per heavy atom. The van der Waals surface area contributed by atoms with Gasteiger partial charge in [0.2, 0.25) is 0 Å². The summed E-state index contributed by atoms with van der Waals surface area (Å²) in [4.78, 5) is 18.5. The van der Waals surface area contributed by atoms with Crippen molar-refractivity contribution in [2.75, 3.05) is 34.5 Å². The van der Waals surface area contributed by atoms with Crippen molar-refractivity contribution in [1.29, 1.82) is 0 Å². The maximum absolute atomic E-state index is 13.5. The van der Waals surface area contributed by atoms with Crippen LogP contribution in [0.25, 0.3) is 10.9 Å². The largest absolute Gasteiger partial charge is 0.496 e. The molecule has 0 unspecified atom stereocenters. The molecule has 1 saturated heterocycles. The number of methoxy groups -OCH3 is 3. The fourth-order valence-corrected chi connectivity index (χ4v) is 4.23.